The fourth-order valence-electron chi connectivity index (χ4n) is 1.72. The first-order valence-corrected chi connectivity index (χ1v) is 10.3. The Morgan fingerprint density at radius 1 is 1.26 bits per heavy atom. The van der Waals surface area contributed by atoms with Gasteiger partial charge in [0.05, 0.1) is 12.7 Å². The summed E-state index contributed by atoms with van der Waals surface area (Å²) in [7, 11) is 0. The van der Waals surface area contributed by atoms with Crippen LogP contribution in [0.2, 0.25) is 0 Å². The predicted octanol–water partition coefficient (Wildman–Crippen LogP) is 4.13. The maximum Gasteiger partial charge on any atom is 0.344 e. The van der Waals surface area contributed by atoms with E-state index >= 15 is 0 Å². The average Bonchev–Trinajstić information content (AvgIpc) is 2.44. The van der Waals surface area contributed by atoms with Crippen LogP contribution in [0.1, 0.15) is 37.6 Å². The predicted molar refractivity (Wildman–Crippen MR) is 114 cm³/mol. The van der Waals surface area contributed by atoms with E-state index in [0.29, 0.717) is 33.8 Å². The van der Waals surface area contributed by atoms with E-state index in [1.54, 1.807) is 6.92 Å². The average molecular weight is 657 g/mol. The normalized spacial score (nSPS) is 12.1. The molecule has 0 aliphatic heterocycles. The first-order valence-electron chi connectivity index (χ1n) is 7.04. The highest BCUT2D eigenvalue weighted by atomic mass is 127. The van der Waals surface area contributed by atoms with Crippen molar-refractivity contribution in [3.05, 3.63) is 22.3 Å². The number of benzene rings is 1. The van der Waals surface area contributed by atoms with Gasteiger partial charge in [-0.3, -0.25) is 4.79 Å². The number of amides is 1. The zero-order chi connectivity index (χ0) is 17.7. The van der Waals surface area contributed by atoms with Crippen molar-refractivity contribution < 1.29 is 19.4 Å². The van der Waals surface area contributed by atoms with Crippen LogP contribution in [-0.2, 0) is 4.79 Å². The van der Waals surface area contributed by atoms with Crippen LogP contribution in [-0.4, -0.2) is 29.6 Å². The van der Waals surface area contributed by atoms with Gasteiger partial charge in [-0.25, -0.2) is 4.79 Å². The summed E-state index contributed by atoms with van der Waals surface area (Å²) in [5, 5.41) is 12.1. The van der Waals surface area contributed by atoms with Crippen LogP contribution in [0.5, 0.6) is 5.75 Å². The molecule has 1 rings (SSSR count). The zero-order valence-corrected chi connectivity index (χ0v) is 19.4. The highest BCUT2D eigenvalue weighted by Crippen LogP contribution is 2.34. The maximum absolute atomic E-state index is 12.4. The van der Waals surface area contributed by atoms with Gasteiger partial charge in [-0.15, -0.1) is 0 Å². The number of carbonyl (C=O) groups excluding carboxylic acids is 1. The molecule has 0 fully saturated rings. The molecule has 1 aromatic rings. The third-order valence-electron chi connectivity index (χ3n) is 2.93. The summed E-state index contributed by atoms with van der Waals surface area (Å²) in [5.74, 6) is -0.374. The smallest absolute Gasteiger partial charge is 0.344 e. The lowest BCUT2D eigenvalue weighted by Gasteiger charge is -2.19. The first kappa shape index (κ1) is 21.2. The molecule has 0 aromatic heterocycles. The van der Waals surface area contributed by atoms with E-state index in [4.69, 9.17) is 4.74 Å². The second kappa shape index (κ2) is 9.59. The van der Waals surface area contributed by atoms with Gasteiger partial charge >= 0.3 is 5.97 Å². The summed E-state index contributed by atoms with van der Waals surface area (Å²) in [6, 6.07) is 1.83. The minimum absolute atomic E-state index is 0.169. The minimum Gasteiger partial charge on any atom is -0.479 e. The Balaban J connectivity index is 3.21. The fraction of sp³-hybridized carbons (Fsp3) is 0.467. The standard InChI is InChI=1S/C15H18I3NO4/c1-4-10(15(21)22)23-13-9(17)5-8(16)11(12(13)18)14(20)19-6-7(2)3/h5,7,10H,4,6H2,1-3H3,(H,19,20)(H,21,22). The van der Waals surface area contributed by atoms with E-state index in [-0.39, 0.29) is 5.91 Å². The number of aliphatic carboxylic acids is 1. The van der Waals surface area contributed by atoms with Gasteiger partial charge in [-0.2, -0.15) is 0 Å². The molecule has 1 unspecified atom stereocenters. The van der Waals surface area contributed by atoms with Crippen LogP contribution >= 0.6 is 67.8 Å². The zero-order valence-electron chi connectivity index (χ0n) is 13.0. The van der Waals surface area contributed by atoms with Crippen LogP contribution in [0.4, 0.5) is 0 Å². The van der Waals surface area contributed by atoms with Gasteiger partial charge in [0, 0.05) is 10.1 Å². The number of carboxylic acid groups (broad SMARTS) is 1. The Hall–Kier alpha value is 0.150. The van der Waals surface area contributed by atoms with Crippen molar-refractivity contribution in [3.8, 4) is 5.75 Å². The monoisotopic (exact) mass is 657 g/mol. The number of hydrogen-bond acceptors (Lipinski definition) is 3. The van der Waals surface area contributed by atoms with E-state index in [1.807, 2.05) is 42.5 Å². The van der Waals surface area contributed by atoms with Gasteiger partial charge in [-0.1, -0.05) is 20.8 Å². The molecule has 1 aromatic carbocycles. The molecule has 0 heterocycles. The molecule has 0 aliphatic rings. The molecule has 128 valence electrons. The SMILES string of the molecule is CCC(Oc1c(I)cc(I)c(C(=O)NCC(C)C)c1I)C(=O)O. The van der Waals surface area contributed by atoms with Crippen molar-refractivity contribution in [1.82, 2.24) is 5.32 Å². The van der Waals surface area contributed by atoms with Gasteiger partial charge in [-0.05, 0) is 86.2 Å². The van der Waals surface area contributed by atoms with E-state index < -0.39 is 12.1 Å². The van der Waals surface area contributed by atoms with Crippen molar-refractivity contribution in [2.75, 3.05) is 6.54 Å². The molecule has 0 spiro atoms. The lowest BCUT2D eigenvalue weighted by Crippen LogP contribution is -2.30. The van der Waals surface area contributed by atoms with Crippen LogP contribution in [0, 0.1) is 16.6 Å². The molecule has 8 heteroatoms. The quantitative estimate of drug-likeness (QED) is 0.433. The maximum atomic E-state index is 12.4. The summed E-state index contributed by atoms with van der Waals surface area (Å²) < 4.78 is 7.90. The molecule has 0 bridgehead atoms. The fourth-order valence-corrected chi connectivity index (χ4v) is 5.84. The summed E-state index contributed by atoms with van der Waals surface area (Å²) >= 11 is 6.26. The number of nitrogens with one attached hydrogen (secondary N) is 1. The van der Waals surface area contributed by atoms with Gasteiger partial charge < -0.3 is 15.2 Å². The highest BCUT2D eigenvalue weighted by Gasteiger charge is 2.25. The molecule has 0 saturated carbocycles. The Morgan fingerprint density at radius 2 is 1.87 bits per heavy atom. The second-order valence-electron chi connectivity index (χ2n) is 5.32. The van der Waals surface area contributed by atoms with E-state index in [0.717, 1.165) is 7.14 Å². The number of hydrogen-bond donors (Lipinski definition) is 2. The van der Waals surface area contributed by atoms with Crippen LogP contribution in [0.15, 0.2) is 6.07 Å². The highest BCUT2D eigenvalue weighted by molar-refractivity contribution is 14.1. The molecular weight excluding hydrogens is 639 g/mol. The third-order valence-corrected chi connectivity index (χ3v) is 5.61. The number of halogens is 3. The molecule has 0 aliphatic carbocycles. The largest absolute Gasteiger partial charge is 0.479 e. The molecule has 5 nitrogen and oxygen atoms in total. The van der Waals surface area contributed by atoms with Crippen molar-refractivity contribution in [2.45, 2.75) is 33.3 Å². The van der Waals surface area contributed by atoms with Crippen LogP contribution in [0.25, 0.3) is 0 Å². The first-order chi connectivity index (χ1) is 10.7. The lowest BCUT2D eigenvalue weighted by atomic mass is 10.1. The number of carbonyl (C=O) groups is 2. The van der Waals surface area contributed by atoms with E-state index in [1.165, 1.54) is 0 Å². The van der Waals surface area contributed by atoms with E-state index in [9.17, 15) is 14.7 Å². The van der Waals surface area contributed by atoms with Gasteiger partial charge in [0.1, 0.15) is 5.75 Å². The Bertz CT molecular complexity index is 605. The van der Waals surface area contributed by atoms with Crippen molar-refractivity contribution in [3.63, 3.8) is 0 Å². The van der Waals surface area contributed by atoms with Crippen molar-refractivity contribution >= 4 is 79.6 Å². The molecular formula is C15H18I3NO4. The Morgan fingerprint density at radius 3 is 2.35 bits per heavy atom. The van der Waals surface area contributed by atoms with Crippen molar-refractivity contribution in [1.29, 1.82) is 0 Å². The van der Waals surface area contributed by atoms with E-state index in [2.05, 4.69) is 50.5 Å². The number of ether oxygens (including phenoxy) is 1. The lowest BCUT2D eigenvalue weighted by molar-refractivity contribution is -0.145. The summed E-state index contributed by atoms with van der Waals surface area (Å²) in [4.78, 5) is 23.7. The number of rotatable bonds is 7. The van der Waals surface area contributed by atoms with Gasteiger partial charge in [0.2, 0.25) is 0 Å². The Labute approximate surface area is 176 Å². The molecule has 0 radical (unpaired) electrons. The molecule has 1 atom stereocenters. The topological polar surface area (TPSA) is 75.6 Å². The summed E-state index contributed by atoms with van der Waals surface area (Å²) in [6.07, 6.45) is -0.578. The number of carboxylic acids is 1. The second-order valence-corrected chi connectivity index (χ2v) is 8.72. The molecule has 0 saturated heterocycles. The third kappa shape index (κ3) is 5.87. The van der Waals surface area contributed by atoms with Crippen LogP contribution in [0.3, 0.4) is 0 Å². The summed E-state index contributed by atoms with van der Waals surface area (Å²) in [6.45, 7) is 6.39. The Kier molecular flexibility index (Phi) is 8.83. The summed E-state index contributed by atoms with van der Waals surface area (Å²) in [5.41, 5.74) is 0.530. The van der Waals surface area contributed by atoms with Gasteiger partial charge in [0.25, 0.3) is 5.91 Å². The van der Waals surface area contributed by atoms with Crippen molar-refractivity contribution in [2.24, 2.45) is 5.92 Å². The minimum atomic E-state index is -1.01. The molecule has 1 amide bonds. The molecule has 23 heavy (non-hydrogen) atoms. The van der Waals surface area contributed by atoms with Crippen LogP contribution < -0.4 is 10.1 Å². The van der Waals surface area contributed by atoms with Gasteiger partial charge in [0.15, 0.2) is 6.10 Å². The molecule has 2 N–H and O–H groups in total.